The second-order valence-electron chi connectivity index (χ2n) is 3.44. The van der Waals surface area contributed by atoms with Gasteiger partial charge in [-0.2, -0.15) is 5.26 Å². The van der Waals surface area contributed by atoms with Gasteiger partial charge in [-0.05, 0) is 25.0 Å². The number of ether oxygens (including phenoxy) is 1. The van der Waals surface area contributed by atoms with Crippen LogP contribution in [0.2, 0.25) is 0 Å². The Kier molecular flexibility index (Phi) is 3.59. The molecule has 3 nitrogen and oxygen atoms in total. The molecule has 0 aromatic carbocycles. The molecule has 4 heteroatoms. The molecule has 1 aromatic rings. The zero-order valence-electron chi connectivity index (χ0n) is 8.35. The van der Waals surface area contributed by atoms with Crippen molar-refractivity contribution in [3.63, 3.8) is 0 Å². The Balaban J connectivity index is 1.85. The van der Waals surface area contributed by atoms with Crippen molar-refractivity contribution in [3.8, 4) is 6.07 Å². The van der Waals surface area contributed by atoms with Crippen molar-refractivity contribution >= 4 is 11.8 Å². The molecular weight excluding hydrogens is 208 g/mol. The molecule has 0 radical (unpaired) electrons. The first kappa shape index (κ1) is 10.5. The molecule has 2 heterocycles. The first-order chi connectivity index (χ1) is 7.38. The summed E-state index contributed by atoms with van der Waals surface area (Å²) in [4.78, 5) is 5.12. The lowest BCUT2D eigenvalue weighted by molar-refractivity contribution is 0.129. The minimum absolute atomic E-state index is 0.394. The predicted molar refractivity (Wildman–Crippen MR) is 58.7 cm³/mol. The molecule has 15 heavy (non-hydrogen) atoms. The monoisotopic (exact) mass is 220 g/mol. The molecule has 0 aliphatic carbocycles. The molecule has 2 rings (SSSR count). The molecule has 1 unspecified atom stereocenters. The van der Waals surface area contributed by atoms with Gasteiger partial charge in [0, 0.05) is 23.5 Å². The average molecular weight is 220 g/mol. The van der Waals surface area contributed by atoms with Gasteiger partial charge in [-0.3, -0.25) is 0 Å². The van der Waals surface area contributed by atoms with E-state index in [1.165, 1.54) is 6.42 Å². The number of rotatable bonds is 3. The second kappa shape index (κ2) is 5.15. The zero-order valence-corrected chi connectivity index (χ0v) is 9.17. The largest absolute Gasteiger partial charge is 0.377 e. The van der Waals surface area contributed by atoms with E-state index >= 15 is 0 Å². The molecule has 1 atom stereocenters. The smallest absolute Gasteiger partial charge is 0.140 e. The van der Waals surface area contributed by atoms with Crippen molar-refractivity contribution in [1.82, 2.24) is 4.98 Å². The summed E-state index contributed by atoms with van der Waals surface area (Å²) >= 11 is 1.74. The standard InChI is InChI=1S/C11H12N2OS/c12-6-9-3-4-11(7-13-9)15-8-10-2-1-5-14-10/h3-4,7,10H,1-2,5,8H2. The van der Waals surface area contributed by atoms with Gasteiger partial charge >= 0.3 is 0 Å². The van der Waals surface area contributed by atoms with Crippen molar-refractivity contribution in [1.29, 1.82) is 5.26 Å². The predicted octanol–water partition coefficient (Wildman–Crippen LogP) is 2.22. The number of thioether (sulfide) groups is 1. The van der Waals surface area contributed by atoms with Crippen LogP contribution in [0.5, 0.6) is 0 Å². The summed E-state index contributed by atoms with van der Waals surface area (Å²) in [7, 11) is 0. The Bertz CT molecular complexity index is 352. The Morgan fingerprint density at radius 2 is 2.53 bits per heavy atom. The van der Waals surface area contributed by atoms with E-state index in [1.54, 1.807) is 24.0 Å². The van der Waals surface area contributed by atoms with E-state index in [-0.39, 0.29) is 0 Å². The Labute approximate surface area is 93.5 Å². The maximum absolute atomic E-state index is 8.59. The number of hydrogen-bond acceptors (Lipinski definition) is 4. The van der Waals surface area contributed by atoms with Crippen LogP contribution in [0.15, 0.2) is 23.2 Å². The van der Waals surface area contributed by atoms with Crippen molar-refractivity contribution in [3.05, 3.63) is 24.0 Å². The maximum atomic E-state index is 8.59. The molecule has 1 aliphatic rings. The van der Waals surface area contributed by atoms with E-state index in [0.717, 1.165) is 23.7 Å². The fourth-order valence-corrected chi connectivity index (χ4v) is 2.43. The maximum Gasteiger partial charge on any atom is 0.140 e. The molecule has 1 saturated heterocycles. The molecular formula is C11H12N2OS. The fraction of sp³-hybridized carbons (Fsp3) is 0.455. The lowest BCUT2D eigenvalue weighted by Gasteiger charge is -2.07. The summed E-state index contributed by atoms with van der Waals surface area (Å²) < 4.78 is 5.53. The van der Waals surface area contributed by atoms with Crippen LogP contribution in [-0.2, 0) is 4.74 Å². The minimum atomic E-state index is 0.394. The van der Waals surface area contributed by atoms with Gasteiger partial charge in [0.2, 0.25) is 0 Å². The van der Waals surface area contributed by atoms with Crippen molar-refractivity contribution < 1.29 is 4.74 Å². The van der Waals surface area contributed by atoms with Crippen LogP contribution in [0.1, 0.15) is 18.5 Å². The van der Waals surface area contributed by atoms with Crippen LogP contribution in [-0.4, -0.2) is 23.4 Å². The van der Waals surface area contributed by atoms with Crippen LogP contribution >= 0.6 is 11.8 Å². The van der Waals surface area contributed by atoms with Gasteiger partial charge in [0.1, 0.15) is 11.8 Å². The summed E-state index contributed by atoms with van der Waals surface area (Å²) in [5.74, 6) is 0.980. The minimum Gasteiger partial charge on any atom is -0.377 e. The van der Waals surface area contributed by atoms with E-state index in [4.69, 9.17) is 10.00 Å². The van der Waals surface area contributed by atoms with Crippen LogP contribution in [0.3, 0.4) is 0 Å². The number of nitrogens with zero attached hydrogens (tertiary/aromatic N) is 2. The first-order valence-electron chi connectivity index (χ1n) is 4.99. The third kappa shape index (κ3) is 2.95. The van der Waals surface area contributed by atoms with Crippen LogP contribution in [0.25, 0.3) is 0 Å². The number of nitriles is 1. The highest BCUT2D eigenvalue weighted by molar-refractivity contribution is 7.99. The molecule has 78 valence electrons. The summed E-state index contributed by atoms with van der Waals surface area (Å²) in [5, 5.41) is 8.59. The molecule has 1 fully saturated rings. The normalized spacial score (nSPS) is 20.1. The van der Waals surface area contributed by atoms with Crippen LogP contribution < -0.4 is 0 Å². The third-order valence-electron chi connectivity index (χ3n) is 2.31. The topological polar surface area (TPSA) is 45.9 Å². The molecule has 0 spiro atoms. The molecule has 0 bridgehead atoms. The molecule has 0 saturated carbocycles. The van der Waals surface area contributed by atoms with Crippen LogP contribution in [0.4, 0.5) is 0 Å². The van der Waals surface area contributed by atoms with Gasteiger partial charge in [0.25, 0.3) is 0 Å². The fourth-order valence-electron chi connectivity index (χ4n) is 1.50. The molecule has 1 aliphatic heterocycles. The van der Waals surface area contributed by atoms with E-state index in [1.807, 2.05) is 12.1 Å². The van der Waals surface area contributed by atoms with Gasteiger partial charge in [-0.1, -0.05) is 0 Å². The lowest BCUT2D eigenvalue weighted by atomic mass is 10.3. The van der Waals surface area contributed by atoms with E-state index in [0.29, 0.717) is 11.8 Å². The molecule has 0 amide bonds. The summed E-state index contributed by atoms with van der Waals surface area (Å²) in [6.07, 6.45) is 4.48. The molecule has 1 aromatic heterocycles. The number of hydrogen-bond donors (Lipinski definition) is 0. The van der Waals surface area contributed by atoms with E-state index < -0.39 is 0 Å². The van der Waals surface area contributed by atoms with Crippen molar-refractivity contribution in [2.45, 2.75) is 23.8 Å². The number of pyridine rings is 1. The van der Waals surface area contributed by atoms with Crippen LogP contribution in [0, 0.1) is 11.3 Å². The van der Waals surface area contributed by atoms with E-state index in [2.05, 4.69) is 4.98 Å². The van der Waals surface area contributed by atoms with Gasteiger partial charge in [-0.25, -0.2) is 4.98 Å². The third-order valence-corrected chi connectivity index (χ3v) is 3.42. The van der Waals surface area contributed by atoms with Gasteiger partial charge < -0.3 is 4.74 Å². The Morgan fingerprint density at radius 1 is 1.60 bits per heavy atom. The van der Waals surface area contributed by atoms with Crippen molar-refractivity contribution in [2.24, 2.45) is 0 Å². The number of aromatic nitrogens is 1. The SMILES string of the molecule is N#Cc1ccc(SCC2CCCO2)cn1. The summed E-state index contributed by atoms with van der Waals surface area (Å²) in [6.45, 7) is 0.900. The van der Waals surface area contributed by atoms with Crippen molar-refractivity contribution in [2.75, 3.05) is 12.4 Å². The summed E-state index contributed by atoms with van der Waals surface area (Å²) in [5.41, 5.74) is 0.469. The second-order valence-corrected chi connectivity index (χ2v) is 4.53. The Morgan fingerprint density at radius 3 is 3.13 bits per heavy atom. The lowest BCUT2D eigenvalue weighted by Crippen LogP contribution is -2.07. The quantitative estimate of drug-likeness (QED) is 0.733. The molecule has 0 N–H and O–H groups in total. The highest BCUT2D eigenvalue weighted by atomic mass is 32.2. The highest BCUT2D eigenvalue weighted by Crippen LogP contribution is 2.23. The van der Waals surface area contributed by atoms with E-state index in [9.17, 15) is 0 Å². The summed E-state index contributed by atoms with van der Waals surface area (Å²) in [6, 6.07) is 5.69. The highest BCUT2D eigenvalue weighted by Gasteiger charge is 2.15. The van der Waals surface area contributed by atoms with Gasteiger partial charge in [-0.15, -0.1) is 11.8 Å². The first-order valence-corrected chi connectivity index (χ1v) is 5.97. The van der Waals surface area contributed by atoms with Gasteiger partial charge in [0.15, 0.2) is 0 Å². The zero-order chi connectivity index (χ0) is 10.5. The Hall–Kier alpha value is -1.05. The average Bonchev–Trinajstić information content (AvgIpc) is 2.80. The van der Waals surface area contributed by atoms with Gasteiger partial charge in [0.05, 0.1) is 6.10 Å².